The lowest BCUT2D eigenvalue weighted by molar-refractivity contribution is -0.116. The van der Waals surface area contributed by atoms with Gasteiger partial charge in [-0.1, -0.05) is 38.5 Å². The summed E-state index contributed by atoms with van der Waals surface area (Å²) in [5.74, 6) is 0.509. The molecule has 1 saturated heterocycles. The Labute approximate surface area is 222 Å². The standard InChI is InChI=1S/C25H29N3O6S.C2H6/c1-15-4-5-21(31-3)19(8-15)16(2)9-23(29)27-24-20(10-26)18-6-7-28(11-22(18)35-24)25(30)33-13-17-12-32-14-34-17;1-2/h4-5,8,16-17H,6-7,9,11-14H2,1-3H3,(H,27,29);1-2H3. The number of nitrogens with zero attached hydrogens (tertiary/aromatic N) is 2. The Bertz CT molecular complexity index is 1140. The van der Waals surface area contributed by atoms with Crippen molar-refractivity contribution in [2.75, 3.05) is 39.0 Å². The number of fused-ring (bicyclic) bond motifs is 1. The molecule has 2 aliphatic rings. The number of aryl methyl sites for hydroxylation is 1. The number of rotatable bonds is 7. The van der Waals surface area contributed by atoms with Gasteiger partial charge in [-0.15, -0.1) is 11.3 Å². The third-order valence-electron chi connectivity index (χ3n) is 6.17. The summed E-state index contributed by atoms with van der Waals surface area (Å²) in [7, 11) is 1.62. The summed E-state index contributed by atoms with van der Waals surface area (Å²) >= 11 is 1.34. The molecule has 1 aromatic carbocycles. The van der Waals surface area contributed by atoms with Crippen molar-refractivity contribution in [2.45, 2.75) is 59.1 Å². The van der Waals surface area contributed by atoms with Crippen LogP contribution in [0.25, 0.3) is 0 Å². The fraction of sp³-hybridized carbons (Fsp3) is 0.519. The molecule has 4 rings (SSSR count). The molecule has 0 spiro atoms. The van der Waals surface area contributed by atoms with Crippen LogP contribution in [0.5, 0.6) is 5.75 Å². The minimum atomic E-state index is -0.426. The summed E-state index contributed by atoms with van der Waals surface area (Å²) in [6, 6.07) is 8.15. The lowest BCUT2D eigenvalue weighted by Crippen LogP contribution is -2.37. The molecule has 37 heavy (non-hydrogen) atoms. The van der Waals surface area contributed by atoms with Crippen LogP contribution in [0, 0.1) is 18.3 Å². The van der Waals surface area contributed by atoms with Crippen LogP contribution in [-0.4, -0.2) is 56.7 Å². The first-order valence-corrected chi connectivity index (χ1v) is 13.3. The minimum Gasteiger partial charge on any atom is -0.496 e. The number of benzene rings is 1. The summed E-state index contributed by atoms with van der Waals surface area (Å²) in [6.07, 6.45) is 0.109. The largest absolute Gasteiger partial charge is 0.496 e. The molecule has 1 fully saturated rings. The average Bonchev–Trinajstić information content (AvgIpc) is 3.55. The van der Waals surface area contributed by atoms with E-state index in [1.165, 1.54) is 11.3 Å². The van der Waals surface area contributed by atoms with Crippen molar-refractivity contribution in [1.29, 1.82) is 5.26 Å². The summed E-state index contributed by atoms with van der Waals surface area (Å²) < 4.78 is 21.2. The number of hydrogen-bond acceptors (Lipinski definition) is 8. The van der Waals surface area contributed by atoms with Gasteiger partial charge in [-0.2, -0.15) is 5.26 Å². The second-order valence-corrected chi connectivity index (χ2v) is 9.85. The second kappa shape index (κ2) is 13.4. The lowest BCUT2D eigenvalue weighted by atomic mass is 9.95. The van der Waals surface area contributed by atoms with Crippen molar-refractivity contribution in [3.8, 4) is 11.8 Å². The van der Waals surface area contributed by atoms with Crippen molar-refractivity contribution >= 4 is 28.3 Å². The SMILES string of the molecule is CC.COc1ccc(C)cc1C(C)CC(=O)Nc1sc2c(c1C#N)CCN(C(=O)OCC1COCO1)C2. The van der Waals surface area contributed by atoms with Gasteiger partial charge in [-0.05, 0) is 36.5 Å². The van der Waals surface area contributed by atoms with E-state index in [0.717, 1.165) is 27.3 Å². The van der Waals surface area contributed by atoms with E-state index < -0.39 is 6.09 Å². The molecule has 9 nitrogen and oxygen atoms in total. The number of anilines is 1. The summed E-state index contributed by atoms with van der Waals surface area (Å²) in [5.41, 5.74) is 3.43. The second-order valence-electron chi connectivity index (χ2n) is 8.74. The number of amides is 2. The number of nitriles is 1. The van der Waals surface area contributed by atoms with Crippen LogP contribution in [-0.2, 0) is 32.0 Å². The molecule has 1 N–H and O–H groups in total. The van der Waals surface area contributed by atoms with Gasteiger partial charge in [0.2, 0.25) is 5.91 Å². The van der Waals surface area contributed by atoms with Crippen molar-refractivity contribution in [2.24, 2.45) is 0 Å². The Morgan fingerprint density at radius 1 is 1.35 bits per heavy atom. The van der Waals surface area contributed by atoms with E-state index in [2.05, 4.69) is 11.4 Å². The Morgan fingerprint density at radius 2 is 2.14 bits per heavy atom. The first-order valence-electron chi connectivity index (χ1n) is 12.5. The Kier molecular flexibility index (Phi) is 10.3. The zero-order chi connectivity index (χ0) is 26.9. The molecule has 0 aliphatic carbocycles. The zero-order valence-electron chi connectivity index (χ0n) is 22.1. The van der Waals surface area contributed by atoms with Crippen molar-refractivity contribution < 1.29 is 28.5 Å². The monoisotopic (exact) mass is 529 g/mol. The lowest BCUT2D eigenvalue weighted by Gasteiger charge is -2.26. The molecule has 2 unspecified atom stereocenters. The van der Waals surface area contributed by atoms with E-state index >= 15 is 0 Å². The van der Waals surface area contributed by atoms with E-state index in [1.54, 1.807) is 12.0 Å². The molecular weight excluding hydrogens is 494 g/mol. The Hall–Kier alpha value is -3.13. The maximum Gasteiger partial charge on any atom is 0.410 e. The first kappa shape index (κ1) is 28.4. The predicted octanol–water partition coefficient (Wildman–Crippen LogP) is 4.96. The van der Waals surface area contributed by atoms with Crippen LogP contribution >= 0.6 is 11.3 Å². The Balaban J connectivity index is 0.00000186. The number of methoxy groups -OCH3 is 1. The third kappa shape index (κ3) is 7.01. The van der Waals surface area contributed by atoms with Gasteiger partial charge in [0.25, 0.3) is 0 Å². The van der Waals surface area contributed by atoms with Crippen molar-refractivity contribution in [1.82, 2.24) is 4.90 Å². The third-order valence-corrected chi connectivity index (χ3v) is 7.30. The van der Waals surface area contributed by atoms with Crippen LogP contribution < -0.4 is 10.1 Å². The number of carbonyl (C=O) groups is 2. The van der Waals surface area contributed by atoms with Crippen molar-refractivity contribution in [3.05, 3.63) is 45.3 Å². The predicted molar refractivity (Wildman–Crippen MR) is 141 cm³/mol. The van der Waals surface area contributed by atoms with Gasteiger partial charge in [0, 0.05) is 17.8 Å². The molecule has 2 aromatic rings. The maximum atomic E-state index is 12.9. The van der Waals surface area contributed by atoms with Gasteiger partial charge in [-0.3, -0.25) is 4.79 Å². The van der Waals surface area contributed by atoms with Crippen LogP contribution in [0.2, 0.25) is 0 Å². The molecule has 2 amide bonds. The van der Waals surface area contributed by atoms with E-state index in [-0.39, 0.29) is 37.7 Å². The number of nitrogens with one attached hydrogen (secondary N) is 1. The van der Waals surface area contributed by atoms with Crippen LogP contribution in [0.1, 0.15) is 60.2 Å². The molecule has 2 atom stereocenters. The maximum absolute atomic E-state index is 12.9. The van der Waals surface area contributed by atoms with E-state index in [4.69, 9.17) is 18.9 Å². The topological polar surface area (TPSA) is 110 Å². The molecular formula is C27H35N3O6S. The highest BCUT2D eigenvalue weighted by atomic mass is 32.1. The minimum absolute atomic E-state index is 0.0653. The number of ether oxygens (including phenoxy) is 4. The number of thiophene rings is 1. The number of hydrogen-bond donors (Lipinski definition) is 1. The fourth-order valence-corrected chi connectivity index (χ4v) is 5.52. The number of carbonyl (C=O) groups excluding carboxylic acids is 2. The highest BCUT2D eigenvalue weighted by Gasteiger charge is 2.29. The van der Waals surface area contributed by atoms with Gasteiger partial charge in [0.15, 0.2) is 0 Å². The fourth-order valence-electron chi connectivity index (χ4n) is 4.29. The van der Waals surface area contributed by atoms with Crippen molar-refractivity contribution in [3.63, 3.8) is 0 Å². The van der Waals surface area contributed by atoms with Gasteiger partial charge in [-0.25, -0.2) is 4.79 Å². The summed E-state index contributed by atoms with van der Waals surface area (Å²) in [4.78, 5) is 27.9. The molecule has 2 aliphatic heterocycles. The summed E-state index contributed by atoms with van der Waals surface area (Å²) in [5, 5.41) is 13.2. The van der Waals surface area contributed by atoms with E-state index in [0.29, 0.717) is 36.7 Å². The molecule has 3 heterocycles. The molecule has 10 heteroatoms. The van der Waals surface area contributed by atoms with E-state index in [9.17, 15) is 14.9 Å². The Morgan fingerprint density at radius 3 is 2.81 bits per heavy atom. The zero-order valence-corrected chi connectivity index (χ0v) is 22.9. The molecule has 0 bridgehead atoms. The molecule has 200 valence electrons. The highest BCUT2D eigenvalue weighted by Crippen LogP contribution is 2.37. The normalized spacial score (nSPS) is 17.1. The van der Waals surface area contributed by atoms with E-state index in [1.807, 2.05) is 45.9 Å². The van der Waals surface area contributed by atoms with Gasteiger partial charge >= 0.3 is 6.09 Å². The van der Waals surface area contributed by atoms with Gasteiger partial charge in [0.1, 0.15) is 36.3 Å². The molecule has 1 aromatic heterocycles. The molecule has 0 radical (unpaired) electrons. The van der Waals surface area contributed by atoms with Crippen LogP contribution in [0.4, 0.5) is 9.80 Å². The van der Waals surface area contributed by atoms with Crippen LogP contribution in [0.15, 0.2) is 18.2 Å². The van der Waals surface area contributed by atoms with Gasteiger partial charge in [0.05, 0.1) is 25.8 Å². The smallest absolute Gasteiger partial charge is 0.410 e. The molecule has 0 saturated carbocycles. The van der Waals surface area contributed by atoms with Crippen LogP contribution in [0.3, 0.4) is 0 Å². The average molecular weight is 530 g/mol. The highest BCUT2D eigenvalue weighted by molar-refractivity contribution is 7.16. The van der Waals surface area contributed by atoms with Gasteiger partial charge < -0.3 is 29.2 Å². The summed E-state index contributed by atoms with van der Waals surface area (Å²) in [6.45, 7) is 9.52. The first-order chi connectivity index (χ1) is 17.9. The quantitative estimate of drug-likeness (QED) is 0.540.